The minimum Gasteiger partial charge on any atom is -0.356 e. The van der Waals surface area contributed by atoms with Gasteiger partial charge in [-0.25, -0.2) is 0 Å². The van der Waals surface area contributed by atoms with Crippen molar-refractivity contribution in [2.45, 2.75) is 18.9 Å². The number of amides is 1. The lowest BCUT2D eigenvalue weighted by atomic mass is 10.1. The van der Waals surface area contributed by atoms with Crippen LogP contribution in [0.2, 0.25) is 0 Å². The molecule has 0 aromatic rings. The molecule has 1 aliphatic heterocycles. The lowest BCUT2D eigenvalue weighted by Gasteiger charge is -2.16. The van der Waals surface area contributed by atoms with Crippen molar-refractivity contribution in [1.82, 2.24) is 5.32 Å². The fraction of sp³-hybridized carbons (Fsp3) is 0.800. The number of carbonyl (C=O) groups excluding carboxylic acids is 1. The second-order valence-electron chi connectivity index (χ2n) is 2.10. The van der Waals surface area contributed by atoms with Gasteiger partial charge >= 0.3 is 0 Å². The largest absolute Gasteiger partial charge is 0.356 e. The lowest BCUT2D eigenvalue weighted by molar-refractivity contribution is -0.122. The Morgan fingerprint density at radius 3 is 2.40 bits per heavy atom. The van der Waals surface area contributed by atoms with Gasteiger partial charge in [0.1, 0.15) is 0 Å². The zero-order chi connectivity index (χ0) is 5.98. The van der Waals surface area contributed by atoms with Crippen molar-refractivity contribution in [2.75, 3.05) is 6.54 Å². The van der Waals surface area contributed by atoms with Crippen LogP contribution in [0.15, 0.2) is 0 Å². The second kappa shape index (κ2) is 5.77. The number of halogens is 2. The van der Waals surface area contributed by atoms with Crippen LogP contribution in [0.5, 0.6) is 0 Å². The maximum absolute atomic E-state index is 10.5. The van der Waals surface area contributed by atoms with E-state index < -0.39 is 0 Å². The maximum Gasteiger partial charge on any atom is 0.221 e. The Labute approximate surface area is 72.6 Å². The predicted octanol–water partition coefficient (Wildman–Crippen LogP) is 0.0673. The number of hydrogen-bond acceptors (Lipinski definition) is 2. The third-order valence-corrected chi connectivity index (χ3v) is 1.28. The summed E-state index contributed by atoms with van der Waals surface area (Å²) in [5.74, 6) is 0.0868. The average molecular weight is 187 g/mol. The highest BCUT2D eigenvalue weighted by atomic mass is 35.5. The van der Waals surface area contributed by atoms with E-state index in [0.717, 1.165) is 13.0 Å². The van der Waals surface area contributed by atoms with E-state index in [0.29, 0.717) is 6.42 Å². The molecule has 1 saturated heterocycles. The zero-order valence-electron chi connectivity index (χ0n) is 5.50. The third-order valence-electron chi connectivity index (χ3n) is 1.28. The van der Waals surface area contributed by atoms with Crippen molar-refractivity contribution in [1.29, 1.82) is 0 Å². The zero-order valence-corrected chi connectivity index (χ0v) is 7.13. The van der Waals surface area contributed by atoms with Crippen LogP contribution in [0.25, 0.3) is 0 Å². The summed E-state index contributed by atoms with van der Waals surface area (Å²) in [4.78, 5) is 10.5. The van der Waals surface area contributed by atoms with Crippen LogP contribution in [0, 0.1) is 0 Å². The summed E-state index contributed by atoms with van der Waals surface area (Å²) in [6, 6.07) is 0.101. The van der Waals surface area contributed by atoms with Gasteiger partial charge in [-0.2, -0.15) is 0 Å². The van der Waals surface area contributed by atoms with Gasteiger partial charge < -0.3 is 11.1 Å². The lowest BCUT2D eigenvalue weighted by Crippen LogP contribution is -2.40. The van der Waals surface area contributed by atoms with Gasteiger partial charge in [0, 0.05) is 19.0 Å². The Morgan fingerprint density at radius 1 is 1.50 bits per heavy atom. The van der Waals surface area contributed by atoms with Crippen molar-refractivity contribution >= 4 is 30.7 Å². The van der Waals surface area contributed by atoms with Crippen molar-refractivity contribution < 1.29 is 4.79 Å². The van der Waals surface area contributed by atoms with Crippen LogP contribution >= 0.6 is 24.8 Å². The SMILES string of the molecule is Cl.Cl.N[C@H]1CCNC(=O)C1. The van der Waals surface area contributed by atoms with Crippen molar-refractivity contribution in [3.63, 3.8) is 0 Å². The van der Waals surface area contributed by atoms with Crippen LogP contribution in [-0.4, -0.2) is 18.5 Å². The van der Waals surface area contributed by atoms with E-state index in [1.165, 1.54) is 0 Å². The molecule has 62 valence electrons. The van der Waals surface area contributed by atoms with Crippen molar-refractivity contribution in [3.05, 3.63) is 0 Å². The fourth-order valence-corrected chi connectivity index (χ4v) is 0.809. The summed E-state index contributed by atoms with van der Waals surface area (Å²) >= 11 is 0. The number of nitrogens with one attached hydrogen (secondary N) is 1. The number of carbonyl (C=O) groups is 1. The summed E-state index contributed by atoms with van der Waals surface area (Å²) in [5.41, 5.74) is 5.46. The van der Waals surface area contributed by atoms with Crippen LogP contribution in [0.1, 0.15) is 12.8 Å². The Hall–Kier alpha value is 0.01000. The van der Waals surface area contributed by atoms with E-state index in [4.69, 9.17) is 5.73 Å². The molecular formula is C5H12Cl2N2O. The molecule has 0 aromatic heterocycles. The molecule has 0 saturated carbocycles. The van der Waals surface area contributed by atoms with E-state index in [2.05, 4.69) is 5.32 Å². The first kappa shape index (κ1) is 12.7. The summed E-state index contributed by atoms with van der Waals surface area (Å²) in [5, 5.41) is 2.69. The molecule has 0 spiro atoms. The van der Waals surface area contributed by atoms with Gasteiger partial charge in [-0.3, -0.25) is 4.79 Å². The number of hydrogen-bond donors (Lipinski definition) is 2. The molecule has 3 nitrogen and oxygen atoms in total. The Kier molecular flexibility index (Phi) is 7.31. The smallest absolute Gasteiger partial charge is 0.221 e. The summed E-state index contributed by atoms with van der Waals surface area (Å²) < 4.78 is 0. The number of nitrogens with two attached hydrogens (primary N) is 1. The minimum absolute atomic E-state index is 0. The van der Waals surface area contributed by atoms with E-state index >= 15 is 0 Å². The number of piperidine rings is 1. The Balaban J connectivity index is 0. The molecule has 1 heterocycles. The maximum atomic E-state index is 10.5. The molecule has 1 fully saturated rings. The first-order valence-electron chi connectivity index (χ1n) is 2.81. The molecule has 3 N–H and O–H groups in total. The summed E-state index contributed by atoms with van der Waals surface area (Å²) in [6.07, 6.45) is 1.42. The standard InChI is InChI=1S/C5H10N2O.2ClH/c6-4-1-2-7-5(8)3-4;;/h4H,1-3,6H2,(H,7,8);2*1H/t4-;;/m0../s1. The fourth-order valence-electron chi connectivity index (χ4n) is 0.809. The van der Waals surface area contributed by atoms with Crippen LogP contribution in [0.3, 0.4) is 0 Å². The summed E-state index contributed by atoms with van der Waals surface area (Å²) in [7, 11) is 0. The highest BCUT2D eigenvalue weighted by molar-refractivity contribution is 5.85. The second-order valence-corrected chi connectivity index (χ2v) is 2.10. The molecule has 0 aliphatic carbocycles. The van der Waals surface area contributed by atoms with Gasteiger partial charge in [-0.05, 0) is 6.42 Å². The number of rotatable bonds is 0. The Bertz CT molecular complexity index is 110. The Morgan fingerprint density at radius 2 is 2.10 bits per heavy atom. The van der Waals surface area contributed by atoms with Crippen LogP contribution in [0.4, 0.5) is 0 Å². The minimum atomic E-state index is 0. The predicted molar refractivity (Wildman–Crippen MR) is 44.7 cm³/mol. The molecule has 0 unspecified atom stereocenters. The molecule has 1 aliphatic rings. The van der Waals surface area contributed by atoms with Gasteiger partial charge in [-0.1, -0.05) is 0 Å². The molecule has 1 amide bonds. The molecule has 5 heteroatoms. The van der Waals surface area contributed by atoms with Gasteiger partial charge in [0.15, 0.2) is 0 Å². The normalized spacial score (nSPS) is 23.7. The quantitative estimate of drug-likeness (QED) is 0.563. The van der Waals surface area contributed by atoms with E-state index in [-0.39, 0.29) is 36.8 Å². The monoisotopic (exact) mass is 186 g/mol. The average Bonchev–Trinajstić information content (AvgIpc) is 1.64. The molecule has 10 heavy (non-hydrogen) atoms. The van der Waals surface area contributed by atoms with Gasteiger partial charge in [-0.15, -0.1) is 24.8 Å². The first-order chi connectivity index (χ1) is 3.79. The van der Waals surface area contributed by atoms with E-state index in [1.54, 1.807) is 0 Å². The third kappa shape index (κ3) is 3.93. The van der Waals surface area contributed by atoms with Crippen LogP contribution < -0.4 is 11.1 Å². The molecule has 1 rings (SSSR count). The molecule has 1 atom stereocenters. The highest BCUT2D eigenvalue weighted by Crippen LogP contribution is 1.98. The molecular weight excluding hydrogens is 175 g/mol. The first-order valence-corrected chi connectivity index (χ1v) is 2.81. The highest BCUT2D eigenvalue weighted by Gasteiger charge is 2.13. The van der Waals surface area contributed by atoms with Crippen molar-refractivity contribution in [2.24, 2.45) is 5.73 Å². The van der Waals surface area contributed by atoms with Crippen LogP contribution in [-0.2, 0) is 4.79 Å². The molecule has 0 aromatic carbocycles. The van der Waals surface area contributed by atoms with Gasteiger partial charge in [0.2, 0.25) is 5.91 Å². The van der Waals surface area contributed by atoms with Gasteiger partial charge in [0.25, 0.3) is 0 Å². The van der Waals surface area contributed by atoms with E-state index in [1.807, 2.05) is 0 Å². The molecule has 0 radical (unpaired) electrons. The van der Waals surface area contributed by atoms with E-state index in [9.17, 15) is 4.79 Å². The molecule has 0 bridgehead atoms. The summed E-state index contributed by atoms with van der Waals surface area (Å²) in [6.45, 7) is 0.750. The topological polar surface area (TPSA) is 55.1 Å². The van der Waals surface area contributed by atoms with Gasteiger partial charge in [0.05, 0.1) is 0 Å². The van der Waals surface area contributed by atoms with Crippen molar-refractivity contribution in [3.8, 4) is 0 Å².